The van der Waals surface area contributed by atoms with Gasteiger partial charge in [-0.05, 0) is 47.1 Å². The normalized spacial score (nSPS) is 11.4. The number of benzene rings is 1. The molecule has 0 aliphatic heterocycles. The molecule has 0 bridgehead atoms. The molecular weight excluding hydrogens is 378 g/mol. The van der Waals surface area contributed by atoms with Gasteiger partial charge in [-0.25, -0.2) is 8.42 Å². The molecule has 0 atom stereocenters. The lowest BCUT2D eigenvalue weighted by Gasteiger charge is -2.09. The Bertz CT molecular complexity index is 756. The maximum absolute atomic E-state index is 12.4. The molecule has 1 heterocycles. The van der Waals surface area contributed by atoms with E-state index in [-0.39, 0.29) is 11.5 Å². The first-order valence-corrected chi connectivity index (χ1v) is 9.03. The average Bonchev–Trinajstić information content (AvgIpc) is 2.81. The standard InChI is InChI=1S/C13H14BrNO4S2/c1-8-13(6-10(7-16)20-8)21(17,18)15-9-3-4-12(19-2)11(14)5-9/h3-6,15-16H,7H2,1-2H3. The van der Waals surface area contributed by atoms with Crippen molar-refractivity contribution in [1.82, 2.24) is 0 Å². The topological polar surface area (TPSA) is 75.6 Å². The van der Waals surface area contributed by atoms with Crippen LogP contribution in [-0.4, -0.2) is 20.6 Å². The van der Waals surface area contributed by atoms with Crippen LogP contribution >= 0.6 is 27.3 Å². The van der Waals surface area contributed by atoms with E-state index in [4.69, 9.17) is 9.84 Å². The Labute approximate surface area is 135 Å². The summed E-state index contributed by atoms with van der Waals surface area (Å²) in [6.45, 7) is 1.54. The van der Waals surface area contributed by atoms with Crippen LogP contribution < -0.4 is 9.46 Å². The highest BCUT2D eigenvalue weighted by atomic mass is 79.9. The van der Waals surface area contributed by atoms with E-state index < -0.39 is 10.0 Å². The molecule has 0 unspecified atom stereocenters. The number of aryl methyl sites for hydroxylation is 1. The molecular formula is C13H14BrNO4S2. The van der Waals surface area contributed by atoms with Crippen molar-refractivity contribution < 1.29 is 18.3 Å². The average molecular weight is 392 g/mol. The summed E-state index contributed by atoms with van der Waals surface area (Å²) in [4.78, 5) is 1.44. The zero-order valence-corrected chi connectivity index (χ0v) is 14.6. The van der Waals surface area contributed by atoms with Crippen LogP contribution in [0, 0.1) is 6.92 Å². The van der Waals surface area contributed by atoms with E-state index in [0.29, 0.717) is 25.7 Å². The third kappa shape index (κ3) is 3.57. The van der Waals surface area contributed by atoms with Gasteiger partial charge in [-0.15, -0.1) is 11.3 Å². The second-order valence-corrected chi connectivity index (χ2v) is 8.09. The molecule has 1 aromatic carbocycles. The number of aliphatic hydroxyl groups excluding tert-OH is 1. The van der Waals surface area contributed by atoms with Crippen LogP contribution in [0.4, 0.5) is 5.69 Å². The zero-order valence-electron chi connectivity index (χ0n) is 11.4. The van der Waals surface area contributed by atoms with E-state index in [1.807, 2.05) is 0 Å². The highest BCUT2D eigenvalue weighted by Gasteiger charge is 2.20. The maximum atomic E-state index is 12.4. The fraction of sp³-hybridized carbons (Fsp3) is 0.231. The molecule has 0 aliphatic rings. The van der Waals surface area contributed by atoms with Gasteiger partial charge in [0.25, 0.3) is 10.0 Å². The van der Waals surface area contributed by atoms with Crippen LogP contribution in [0.2, 0.25) is 0 Å². The van der Waals surface area contributed by atoms with Crippen LogP contribution in [0.3, 0.4) is 0 Å². The van der Waals surface area contributed by atoms with Gasteiger partial charge in [-0.1, -0.05) is 0 Å². The van der Waals surface area contributed by atoms with E-state index in [9.17, 15) is 8.42 Å². The van der Waals surface area contributed by atoms with Crippen LogP contribution in [0.15, 0.2) is 33.6 Å². The maximum Gasteiger partial charge on any atom is 0.263 e. The number of hydrogen-bond donors (Lipinski definition) is 2. The van der Waals surface area contributed by atoms with Gasteiger partial charge in [0.2, 0.25) is 0 Å². The molecule has 5 nitrogen and oxygen atoms in total. The molecule has 0 fully saturated rings. The van der Waals surface area contributed by atoms with Gasteiger partial charge in [-0.3, -0.25) is 4.72 Å². The van der Waals surface area contributed by atoms with Crippen molar-refractivity contribution >= 4 is 43.0 Å². The second-order valence-electron chi connectivity index (χ2n) is 4.25. The van der Waals surface area contributed by atoms with Gasteiger partial charge in [0.1, 0.15) is 10.6 Å². The van der Waals surface area contributed by atoms with Crippen LogP contribution in [0.1, 0.15) is 9.75 Å². The van der Waals surface area contributed by atoms with Crippen LogP contribution in [-0.2, 0) is 16.6 Å². The van der Waals surface area contributed by atoms with Gasteiger partial charge in [0.15, 0.2) is 0 Å². The summed E-state index contributed by atoms with van der Waals surface area (Å²) in [5.74, 6) is 0.618. The van der Waals surface area contributed by atoms with E-state index in [2.05, 4.69) is 20.7 Å². The molecule has 0 saturated carbocycles. The summed E-state index contributed by atoms with van der Waals surface area (Å²) < 4.78 is 33.0. The zero-order chi connectivity index (χ0) is 15.6. The lowest BCUT2D eigenvalue weighted by molar-refractivity contribution is 0.285. The summed E-state index contributed by atoms with van der Waals surface area (Å²) in [5, 5.41) is 9.10. The molecule has 1 aromatic heterocycles. The first-order chi connectivity index (χ1) is 9.87. The molecule has 21 heavy (non-hydrogen) atoms. The fourth-order valence-corrected chi connectivity index (χ4v) is 4.90. The third-order valence-corrected chi connectivity index (χ3v) is 6.06. The number of aliphatic hydroxyl groups is 1. The number of thiophene rings is 1. The van der Waals surface area contributed by atoms with Gasteiger partial charge in [0.05, 0.1) is 23.9 Å². The van der Waals surface area contributed by atoms with Crippen molar-refractivity contribution in [1.29, 1.82) is 0 Å². The Hall–Kier alpha value is -1.09. The molecule has 0 amide bonds. The van der Waals surface area contributed by atoms with Crippen molar-refractivity contribution in [2.24, 2.45) is 0 Å². The summed E-state index contributed by atoms with van der Waals surface area (Å²) in [6.07, 6.45) is 0. The number of hydrogen-bond acceptors (Lipinski definition) is 5. The summed E-state index contributed by atoms with van der Waals surface area (Å²) in [6, 6.07) is 6.41. The molecule has 0 aliphatic carbocycles. The van der Waals surface area contributed by atoms with Gasteiger partial charge < -0.3 is 9.84 Å². The second kappa shape index (κ2) is 6.35. The van der Waals surface area contributed by atoms with Crippen molar-refractivity contribution in [2.45, 2.75) is 18.4 Å². The van der Waals surface area contributed by atoms with E-state index >= 15 is 0 Å². The first-order valence-electron chi connectivity index (χ1n) is 5.94. The van der Waals surface area contributed by atoms with Crippen molar-refractivity contribution in [3.8, 4) is 5.75 Å². The first kappa shape index (κ1) is 16.3. The van der Waals surface area contributed by atoms with E-state index in [0.717, 1.165) is 0 Å². The Morgan fingerprint density at radius 2 is 2.10 bits per heavy atom. The van der Waals surface area contributed by atoms with E-state index in [1.54, 1.807) is 25.1 Å². The Kier molecular flexibility index (Phi) is 4.92. The number of rotatable bonds is 5. The predicted octanol–water partition coefficient (Wildman–Crippen LogP) is 3.12. The molecule has 0 radical (unpaired) electrons. The minimum Gasteiger partial charge on any atom is -0.496 e. The Morgan fingerprint density at radius 3 is 2.62 bits per heavy atom. The lowest BCUT2D eigenvalue weighted by Crippen LogP contribution is -2.13. The van der Waals surface area contributed by atoms with E-state index in [1.165, 1.54) is 24.5 Å². The number of halogens is 1. The SMILES string of the molecule is COc1ccc(NS(=O)(=O)c2cc(CO)sc2C)cc1Br. The smallest absolute Gasteiger partial charge is 0.263 e. The molecule has 8 heteroatoms. The molecule has 2 rings (SSSR count). The van der Waals surface area contributed by atoms with Crippen LogP contribution in [0.25, 0.3) is 0 Å². The quantitative estimate of drug-likeness (QED) is 0.820. The third-order valence-electron chi connectivity index (χ3n) is 2.77. The van der Waals surface area contributed by atoms with Crippen molar-refractivity contribution in [2.75, 3.05) is 11.8 Å². The summed E-state index contributed by atoms with van der Waals surface area (Å²) >= 11 is 4.57. The van der Waals surface area contributed by atoms with Crippen molar-refractivity contribution in [3.63, 3.8) is 0 Å². The highest BCUT2D eigenvalue weighted by molar-refractivity contribution is 9.10. The van der Waals surface area contributed by atoms with Crippen molar-refractivity contribution in [3.05, 3.63) is 38.5 Å². The lowest BCUT2D eigenvalue weighted by atomic mass is 10.3. The highest BCUT2D eigenvalue weighted by Crippen LogP contribution is 2.31. The van der Waals surface area contributed by atoms with Gasteiger partial charge in [-0.2, -0.15) is 0 Å². The summed E-state index contributed by atoms with van der Waals surface area (Å²) in [7, 11) is -2.15. The molecule has 0 saturated heterocycles. The number of anilines is 1. The molecule has 2 aromatic rings. The predicted molar refractivity (Wildman–Crippen MR) is 86.5 cm³/mol. The number of ether oxygens (including phenoxy) is 1. The minimum absolute atomic E-state index is 0.172. The fourth-order valence-electron chi connectivity index (χ4n) is 1.81. The number of sulfonamides is 1. The number of methoxy groups -OCH3 is 1. The largest absolute Gasteiger partial charge is 0.496 e. The Morgan fingerprint density at radius 1 is 1.38 bits per heavy atom. The number of nitrogens with one attached hydrogen (secondary N) is 1. The summed E-state index contributed by atoms with van der Waals surface area (Å²) in [5.41, 5.74) is 0.429. The van der Waals surface area contributed by atoms with Gasteiger partial charge >= 0.3 is 0 Å². The Balaban J connectivity index is 2.32. The van der Waals surface area contributed by atoms with Gasteiger partial charge in [0, 0.05) is 9.75 Å². The molecule has 0 spiro atoms. The monoisotopic (exact) mass is 391 g/mol. The molecule has 2 N–H and O–H groups in total. The molecule has 114 valence electrons. The minimum atomic E-state index is -3.68. The van der Waals surface area contributed by atoms with Crippen LogP contribution in [0.5, 0.6) is 5.75 Å².